The molecule has 0 aliphatic carbocycles. The average Bonchev–Trinajstić information content (AvgIpc) is 2.27. The third-order valence-corrected chi connectivity index (χ3v) is 2.35. The summed E-state index contributed by atoms with van der Waals surface area (Å²) in [7, 11) is 3.30. The quantitative estimate of drug-likeness (QED) is 0.577. The summed E-state index contributed by atoms with van der Waals surface area (Å²) < 4.78 is 13.5. The largest absolute Gasteiger partial charge is 0.359 e. The van der Waals surface area contributed by atoms with Gasteiger partial charge in [-0.3, -0.25) is 5.41 Å². The van der Waals surface area contributed by atoms with E-state index in [-0.39, 0.29) is 11.8 Å². The van der Waals surface area contributed by atoms with Crippen molar-refractivity contribution >= 4 is 11.6 Å². The molecule has 0 aromatic heterocycles. The number of nitrogens with zero attached hydrogens (tertiary/aromatic N) is 1. The van der Waals surface area contributed by atoms with E-state index in [0.29, 0.717) is 5.69 Å². The third-order valence-electron chi connectivity index (χ3n) is 2.35. The van der Waals surface area contributed by atoms with Gasteiger partial charge in [0.1, 0.15) is 5.82 Å². The lowest BCUT2D eigenvalue weighted by molar-refractivity contribution is 0.627. The van der Waals surface area contributed by atoms with Crippen molar-refractivity contribution in [3.8, 4) is 0 Å². The molecule has 0 bridgehead atoms. The second-order valence-corrected chi connectivity index (χ2v) is 3.30. The second kappa shape index (κ2) is 4.77. The van der Waals surface area contributed by atoms with Crippen molar-refractivity contribution < 1.29 is 4.39 Å². The Balaban J connectivity index is 3.06. The van der Waals surface area contributed by atoms with Crippen molar-refractivity contribution in [2.75, 3.05) is 19.0 Å². The number of nitrogens with one attached hydrogen (secondary N) is 2. The zero-order valence-corrected chi connectivity index (χ0v) is 9.26. The van der Waals surface area contributed by atoms with Gasteiger partial charge < -0.3 is 10.2 Å². The van der Waals surface area contributed by atoms with Gasteiger partial charge in [0.25, 0.3) is 0 Å². The van der Waals surface area contributed by atoms with Gasteiger partial charge in [-0.15, -0.1) is 0 Å². The van der Waals surface area contributed by atoms with Crippen molar-refractivity contribution in [2.45, 2.75) is 13.3 Å². The average molecular weight is 209 g/mol. The molecule has 1 rings (SSSR count). The molecule has 0 unspecified atom stereocenters. The van der Waals surface area contributed by atoms with Crippen LogP contribution in [0.4, 0.5) is 10.1 Å². The number of anilines is 1. The maximum absolute atomic E-state index is 13.5. The Hall–Kier alpha value is -1.58. The predicted molar refractivity (Wildman–Crippen MR) is 61.0 cm³/mol. The van der Waals surface area contributed by atoms with Crippen LogP contribution in [0, 0.1) is 11.2 Å². The van der Waals surface area contributed by atoms with Crippen molar-refractivity contribution in [3.05, 3.63) is 29.6 Å². The standard InChI is InChI=1S/C11H16FN3/c1-4-8-5-6-9(12)10(7-8)15(3)11(13)14-2/h5-7H,4H2,1-3H3,(H2,13,14). The van der Waals surface area contributed by atoms with Crippen LogP contribution in [-0.2, 0) is 6.42 Å². The molecule has 0 radical (unpaired) electrons. The van der Waals surface area contributed by atoms with E-state index in [4.69, 9.17) is 5.41 Å². The van der Waals surface area contributed by atoms with Gasteiger partial charge in [-0.2, -0.15) is 0 Å². The first kappa shape index (κ1) is 11.5. The van der Waals surface area contributed by atoms with Crippen LogP contribution in [0.3, 0.4) is 0 Å². The number of aryl methyl sites for hydroxylation is 1. The lowest BCUT2D eigenvalue weighted by Crippen LogP contribution is -2.36. The van der Waals surface area contributed by atoms with E-state index in [0.717, 1.165) is 12.0 Å². The summed E-state index contributed by atoms with van der Waals surface area (Å²) in [6.45, 7) is 2.01. The smallest absolute Gasteiger partial charge is 0.195 e. The molecule has 0 amide bonds. The Kier molecular flexibility index (Phi) is 3.66. The molecule has 0 aliphatic heterocycles. The van der Waals surface area contributed by atoms with Crippen molar-refractivity contribution in [3.63, 3.8) is 0 Å². The lowest BCUT2D eigenvalue weighted by Gasteiger charge is -2.20. The highest BCUT2D eigenvalue weighted by molar-refractivity contribution is 5.93. The fourth-order valence-electron chi connectivity index (χ4n) is 1.32. The fourth-order valence-corrected chi connectivity index (χ4v) is 1.32. The van der Waals surface area contributed by atoms with Crippen LogP contribution in [0.1, 0.15) is 12.5 Å². The first-order valence-corrected chi connectivity index (χ1v) is 4.88. The Morgan fingerprint density at radius 3 is 2.73 bits per heavy atom. The number of rotatable bonds is 2. The minimum atomic E-state index is -0.310. The van der Waals surface area contributed by atoms with Crippen molar-refractivity contribution in [2.24, 2.45) is 0 Å². The van der Waals surface area contributed by atoms with Gasteiger partial charge >= 0.3 is 0 Å². The van der Waals surface area contributed by atoms with Crippen molar-refractivity contribution in [1.29, 1.82) is 5.41 Å². The number of guanidine groups is 1. The molecule has 15 heavy (non-hydrogen) atoms. The number of hydrogen-bond donors (Lipinski definition) is 2. The SMILES string of the molecule is CCc1ccc(F)c(N(C)C(=N)NC)c1. The molecule has 0 atom stereocenters. The summed E-state index contributed by atoms with van der Waals surface area (Å²) in [5.41, 5.74) is 1.48. The minimum absolute atomic E-state index is 0.169. The van der Waals surface area contributed by atoms with Gasteiger partial charge in [-0.05, 0) is 24.1 Å². The van der Waals surface area contributed by atoms with E-state index in [1.54, 1.807) is 26.2 Å². The molecule has 0 fully saturated rings. The van der Waals surface area contributed by atoms with E-state index in [9.17, 15) is 4.39 Å². The molecule has 0 aliphatic rings. The van der Waals surface area contributed by atoms with E-state index >= 15 is 0 Å². The zero-order chi connectivity index (χ0) is 11.4. The van der Waals surface area contributed by atoms with E-state index < -0.39 is 0 Å². The maximum Gasteiger partial charge on any atom is 0.195 e. The highest BCUT2D eigenvalue weighted by Gasteiger charge is 2.10. The van der Waals surface area contributed by atoms with Gasteiger partial charge in [-0.25, -0.2) is 4.39 Å². The first-order chi connectivity index (χ1) is 7.10. The number of halogens is 1. The van der Waals surface area contributed by atoms with E-state index in [1.165, 1.54) is 11.0 Å². The summed E-state index contributed by atoms with van der Waals surface area (Å²) in [5.74, 6) is -0.142. The lowest BCUT2D eigenvalue weighted by atomic mass is 10.1. The highest BCUT2D eigenvalue weighted by atomic mass is 19.1. The van der Waals surface area contributed by atoms with Gasteiger partial charge in [-0.1, -0.05) is 13.0 Å². The zero-order valence-electron chi connectivity index (χ0n) is 9.26. The Morgan fingerprint density at radius 2 is 2.20 bits per heavy atom. The molecule has 0 heterocycles. The van der Waals surface area contributed by atoms with Crippen LogP contribution in [-0.4, -0.2) is 20.1 Å². The van der Waals surface area contributed by atoms with Gasteiger partial charge in [0.05, 0.1) is 5.69 Å². The molecule has 0 saturated heterocycles. The van der Waals surface area contributed by atoms with E-state index in [1.807, 2.05) is 6.92 Å². The summed E-state index contributed by atoms with van der Waals surface area (Å²) >= 11 is 0. The first-order valence-electron chi connectivity index (χ1n) is 4.88. The van der Waals surface area contributed by atoms with Crippen molar-refractivity contribution in [1.82, 2.24) is 5.32 Å². The second-order valence-electron chi connectivity index (χ2n) is 3.30. The van der Waals surface area contributed by atoms with Gasteiger partial charge in [0.2, 0.25) is 0 Å². The molecular formula is C11H16FN3. The minimum Gasteiger partial charge on any atom is -0.359 e. The fraction of sp³-hybridized carbons (Fsp3) is 0.364. The Morgan fingerprint density at radius 1 is 1.53 bits per heavy atom. The topological polar surface area (TPSA) is 39.1 Å². The number of benzene rings is 1. The van der Waals surface area contributed by atoms with Crippen LogP contribution in [0.2, 0.25) is 0 Å². The molecule has 3 nitrogen and oxygen atoms in total. The molecule has 0 spiro atoms. The van der Waals surface area contributed by atoms with Gasteiger partial charge in [0.15, 0.2) is 5.96 Å². The maximum atomic E-state index is 13.5. The molecule has 1 aromatic rings. The monoisotopic (exact) mass is 209 g/mol. The summed E-state index contributed by atoms with van der Waals surface area (Å²) in [6.07, 6.45) is 0.855. The summed E-state index contributed by atoms with van der Waals surface area (Å²) in [6, 6.07) is 4.96. The van der Waals surface area contributed by atoms with E-state index in [2.05, 4.69) is 5.32 Å². The van der Waals surface area contributed by atoms with Gasteiger partial charge in [0, 0.05) is 14.1 Å². The van der Waals surface area contributed by atoms with Crippen LogP contribution in [0.5, 0.6) is 0 Å². The Labute approximate surface area is 89.4 Å². The molecule has 82 valence electrons. The predicted octanol–water partition coefficient (Wildman–Crippen LogP) is 1.98. The third kappa shape index (κ3) is 2.46. The Bertz CT molecular complexity index is 363. The molecular weight excluding hydrogens is 193 g/mol. The molecule has 0 saturated carbocycles. The van der Waals surface area contributed by atoms with Crippen LogP contribution in [0.25, 0.3) is 0 Å². The highest BCUT2D eigenvalue weighted by Crippen LogP contribution is 2.19. The van der Waals surface area contributed by atoms with Crippen LogP contribution >= 0.6 is 0 Å². The summed E-state index contributed by atoms with van der Waals surface area (Å²) in [5, 5.41) is 10.2. The van der Waals surface area contributed by atoms with Crippen LogP contribution < -0.4 is 10.2 Å². The number of hydrogen-bond acceptors (Lipinski definition) is 1. The molecule has 1 aromatic carbocycles. The molecule has 2 N–H and O–H groups in total. The normalized spacial score (nSPS) is 9.87. The van der Waals surface area contributed by atoms with Crippen LogP contribution in [0.15, 0.2) is 18.2 Å². The summed E-state index contributed by atoms with van der Waals surface area (Å²) in [4.78, 5) is 1.48. The molecule has 4 heteroatoms.